The molecule has 4 aromatic heterocycles. The van der Waals surface area contributed by atoms with E-state index in [4.69, 9.17) is 31.9 Å². The smallest absolute Gasteiger partial charge is 0.353 e. The van der Waals surface area contributed by atoms with E-state index in [1.54, 1.807) is 0 Å². The molecule has 4 aromatic rings. The summed E-state index contributed by atoms with van der Waals surface area (Å²) in [6.45, 7) is -2.32. The fraction of sp³-hybridized carbons (Fsp3) is 0.400. The number of nitrogen functional groups attached to an aromatic ring is 2. The Balaban J connectivity index is 0.000000236. The van der Waals surface area contributed by atoms with Crippen LogP contribution in [-0.2, 0) is 0 Å². The maximum Gasteiger partial charge on any atom is 0.353 e. The summed E-state index contributed by atoms with van der Waals surface area (Å²) in [6, 6.07) is 0. The summed E-state index contributed by atoms with van der Waals surface area (Å²) in [5.41, 5.74) is 8.62. The normalized spacial score (nSPS) is 15.0. The van der Waals surface area contributed by atoms with Crippen LogP contribution in [0.15, 0.2) is 23.8 Å². The van der Waals surface area contributed by atoms with Crippen LogP contribution in [0.25, 0.3) is 22.3 Å². The van der Waals surface area contributed by atoms with Crippen molar-refractivity contribution in [2.24, 2.45) is 0 Å². The highest BCUT2D eigenvalue weighted by Gasteiger charge is 2.52. The van der Waals surface area contributed by atoms with Crippen molar-refractivity contribution in [2.75, 3.05) is 24.7 Å². The summed E-state index contributed by atoms with van der Waals surface area (Å²) in [7, 11) is 0. The average Bonchev–Trinajstić information content (AvgIpc) is 3.60. The average molecular weight is 622 g/mol. The van der Waals surface area contributed by atoms with Gasteiger partial charge in [0.05, 0.1) is 13.2 Å². The van der Waals surface area contributed by atoms with Crippen molar-refractivity contribution in [2.45, 2.75) is 36.3 Å². The van der Waals surface area contributed by atoms with Crippen LogP contribution in [-0.4, -0.2) is 131 Å². The topological polar surface area (TPSA) is 315 Å². The fourth-order valence-electron chi connectivity index (χ4n) is 3.33. The summed E-state index contributed by atoms with van der Waals surface area (Å²) >= 11 is 0. The number of alkyl halides is 4. The van der Waals surface area contributed by atoms with Crippen molar-refractivity contribution in [3.05, 3.63) is 29.3 Å². The molecule has 234 valence electrons. The minimum Gasteiger partial charge on any atom is -0.394 e. The number of aliphatic hydroxyl groups is 6. The van der Waals surface area contributed by atoms with Gasteiger partial charge in [0.2, 0.25) is 5.95 Å². The third-order valence-electron chi connectivity index (χ3n) is 5.64. The number of hydrogen-bond donors (Lipinski definition) is 9. The van der Waals surface area contributed by atoms with Gasteiger partial charge in [-0.15, -0.1) is 0 Å². The lowest BCUT2D eigenvalue weighted by molar-refractivity contribution is -0.136. The van der Waals surface area contributed by atoms with E-state index in [2.05, 4.69) is 29.9 Å². The Kier molecular flexibility index (Phi) is 9.37. The zero-order valence-corrected chi connectivity index (χ0v) is 21.2. The predicted octanol–water partition coefficient (Wildman–Crippen LogP) is -3.91. The number of aliphatic hydroxyl groups excluding tert-OH is 6. The molecule has 4 rings (SSSR count). The maximum absolute atomic E-state index is 13.9. The number of rotatable bonds is 8. The molecule has 0 radical (unpaired) electrons. The highest BCUT2D eigenvalue weighted by Crippen LogP contribution is 2.27. The van der Waals surface area contributed by atoms with Gasteiger partial charge < -0.3 is 42.1 Å². The molecule has 0 saturated heterocycles. The minimum absolute atomic E-state index is 0.0566. The summed E-state index contributed by atoms with van der Waals surface area (Å²) in [6.07, 6.45) is -7.74. The highest BCUT2D eigenvalue weighted by atomic mass is 19.3. The van der Waals surface area contributed by atoms with E-state index in [1.807, 2.05) is 0 Å². The number of H-pyrrole nitrogens is 1. The molecule has 0 aromatic carbocycles. The number of anilines is 2. The van der Waals surface area contributed by atoms with Crippen molar-refractivity contribution in [3.63, 3.8) is 0 Å². The first-order chi connectivity index (χ1) is 20.0. The number of nitrogens with zero attached hydrogens (tertiary/aromatic N) is 7. The van der Waals surface area contributed by atoms with E-state index < -0.39 is 84.0 Å². The maximum atomic E-state index is 13.9. The first-order valence-electron chi connectivity index (χ1n) is 11.5. The zero-order chi connectivity index (χ0) is 32.4. The van der Waals surface area contributed by atoms with Gasteiger partial charge in [0.15, 0.2) is 40.4 Å². The second-order valence-corrected chi connectivity index (χ2v) is 8.53. The van der Waals surface area contributed by atoms with Crippen LogP contribution in [0.5, 0.6) is 0 Å². The van der Waals surface area contributed by atoms with E-state index in [1.165, 1.54) is 0 Å². The minimum atomic E-state index is -4.46. The molecule has 0 aliphatic heterocycles. The van der Waals surface area contributed by atoms with E-state index in [9.17, 15) is 42.2 Å². The summed E-state index contributed by atoms with van der Waals surface area (Å²) < 4.78 is 56.1. The van der Waals surface area contributed by atoms with Gasteiger partial charge in [0.25, 0.3) is 5.56 Å². The Bertz CT molecular complexity index is 1690. The molecule has 0 bridgehead atoms. The summed E-state index contributed by atoms with van der Waals surface area (Å²) in [4.78, 5) is 55.1. The largest absolute Gasteiger partial charge is 0.394 e. The van der Waals surface area contributed by atoms with Crippen molar-refractivity contribution in [3.8, 4) is 0 Å². The quantitative estimate of drug-likeness (QED) is 0.0848. The number of halogens is 4. The van der Waals surface area contributed by atoms with E-state index in [-0.39, 0.29) is 21.5 Å². The molecule has 0 aliphatic rings. The predicted molar refractivity (Wildman–Crippen MR) is 132 cm³/mol. The first-order valence-corrected chi connectivity index (χ1v) is 11.5. The lowest BCUT2D eigenvalue weighted by atomic mass is 10.1. The Hall–Kier alpha value is -4.68. The third-order valence-corrected chi connectivity index (χ3v) is 5.64. The number of hydrogen-bond acceptors (Lipinski definition) is 16. The first kappa shape index (κ1) is 32.8. The summed E-state index contributed by atoms with van der Waals surface area (Å²) in [5, 5.41) is 53.8. The molecule has 43 heavy (non-hydrogen) atoms. The van der Waals surface area contributed by atoms with Crippen LogP contribution in [0.3, 0.4) is 0 Å². The van der Waals surface area contributed by atoms with Gasteiger partial charge in [-0.2, -0.15) is 22.5 Å². The standard InChI is InChI=1S/C10H11F2N5O5.C10H11F2N5O4/c11-10(12,5(20)3(19)1-18)8(22)17-2-14-4-6(17)15-9(13)16-7(4)21;11-10(12,6(20)4(19)1-18)9(21)17-3-16-5-7(13)14-2-15-8(5)17/h2-3,5,18-20H,1H2,(H3,13,15,16,21);2-4,6,18-20H,1H2,(H2,13,14,15)/t3-,5+;4-,6+/m11/s1. The zero-order valence-electron chi connectivity index (χ0n) is 21.2. The van der Waals surface area contributed by atoms with Gasteiger partial charge in [-0.1, -0.05) is 0 Å². The molecular formula is C20H22F4N10O9. The van der Waals surface area contributed by atoms with Crippen molar-refractivity contribution in [1.29, 1.82) is 0 Å². The Morgan fingerprint density at radius 1 is 0.814 bits per heavy atom. The van der Waals surface area contributed by atoms with E-state index in [0.29, 0.717) is 10.9 Å². The highest BCUT2D eigenvalue weighted by molar-refractivity contribution is 5.95. The number of carbonyl (C=O) groups is 2. The number of aromatic nitrogens is 8. The Morgan fingerprint density at radius 3 is 1.77 bits per heavy atom. The molecule has 23 heteroatoms. The van der Waals surface area contributed by atoms with Crippen molar-refractivity contribution < 1.29 is 57.8 Å². The lowest BCUT2D eigenvalue weighted by Gasteiger charge is -2.24. The molecule has 19 nitrogen and oxygen atoms in total. The molecule has 0 unspecified atom stereocenters. The molecule has 0 fully saturated rings. The Labute approximate surface area is 233 Å². The number of nitrogens with two attached hydrogens (primary N) is 2. The molecule has 4 atom stereocenters. The van der Waals surface area contributed by atoms with Gasteiger partial charge in [-0.25, -0.2) is 29.1 Å². The summed E-state index contributed by atoms with van der Waals surface area (Å²) in [5.74, 6) is -13.2. The van der Waals surface area contributed by atoms with Crippen molar-refractivity contribution >= 4 is 45.9 Å². The van der Waals surface area contributed by atoms with Crippen LogP contribution < -0.4 is 17.0 Å². The van der Waals surface area contributed by atoms with Gasteiger partial charge in [-0.3, -0.25) is 19.4 Å². The number of imidazole rings is 2. The number of aromatic amines is 1. The van der Waals surface area contributed by atoms with Gasteiger partial charge in [-0.05, 0) is 0 Å². The number of nitrogens with one attached hydrogen (secondary N) is 1. The number of fused-ring (bicyclic) bond motifs is 2. The second kappa shape index (κ2) is 12.3. The van der Waals surface area contributed by atoms with E-state index >= 15 is 0 Å². The molecule has 0 saturated carbocycles. The third kappa shape index (κ3) is 6.11. The molecular weight excluding hydrogens is 600 g/mol. The fourth-order valence-corrected chi connectivity index (χ4v) is 3.33. The number of carbonyl (C=O) groups excluding carboxylic acids is 2. The van der Waals surface area contributed by atoms with Crippen LogP contribution in [0.2, 0.25) is 0 Å². The van der Waals surface area contributed by atoms with Crippen LogP contribution in [0.4, 0.5) is 29.3 Å². The van der Waals surface area contributed by atoms with E-state index in [0.717, 1.165) is 12.7 Å². The molecule has 0 spiro atoms. The van der Waals surface area contributed by atoms with Crippen molar-refractivity contribution in [1.82, 2.24) is 39.0 Å². The molecule has 4 heterocycles. The van der Waals surface area contributed by atoms with Gasteiger partial charge >= 0.3 is 23.7 Å². The van der Waals surface area contributed by atoms with Crippen LogP contribution in [0.1, 0.15) is 9.59 Å². The lowest BCUT2D eigenvalue weighted by Crippen LogP contribution is -2.51. The van der Waals surface area contributed by atoms with Crippen LogP contribution in [0, 0.1) is 0 Å². The second-order valence-electron chi connectivity index (χ2n) is 8.53. The van der Waals surface area contributed by atoms with Crippen LogP contribution >= 0.6 is 0 Å². The van der Waals surface area contributed by atoms with Gasteiger partial charge in [0, 0.05) is 0 Å². The monoisotopic (exact) mass is 622 g/mol. The molecule has 0 amide bonds. The van der Waals surface area contributed by atoms with Gasteiger partial charge in [0.1, 0.15) is 31.2 Å². The SMILES string of the molecule is Nc1nc2c(ncn2C(=O)C(F)(F)[C@@H](O)[C@H](O)CO)c(=O)[nH]1.Nc1ncnc2c1ncn2C(=O)C(F)(F)[C@@H](O)[C@H](O)CO. The Morgan fingerprint density at radius 2 is 1.28 bits per heavy atom. The molecule has 11 N–H and O–H groups in total. The molecule has 0 aliphatic carbocycles.